The summed E-state index contributed by atoms with van der Waals surface area (Å²) in [5.41, 5.74) is -3.29. The van der Waals surface area contributed by atoms with Crippen LogP contribution in [0.3, 0.4) is 0 Å². The van der Waals surface area contributed by atoms with E-state index in [1.54, 1.807) is 0 Å². The van der Waals surface area contributed by atoms with Crippen LogP contribution in [0.2, 0.25) is 0 Å². The Morgan fingerprint density at radius 3 is 2.09 bits per heavy atom. The Morgan fingerprint density at radius 2 is 1.58 bits per heavy atom. The van der Waals surface area contributed by atoms with E-state index in [1.807, 2.05) is 0 Å². The van der Waals surface area contributed by atoms with Crippen LogP contribution in [-0.2, 0) is 26.6 Å². The molecule has 33 heavy (non-hydrogen) atoms. The zero-order valence-corrected chi connectivity index (χ0v) is 17.0. The predicted molar refractivity (Wildman–Crippen MR) is 99.0 cm³/mol. The molecule has 0 bridgehead atoms. The van der Waals surface area contributed by atoms with E-state index < -0.39 is 64.9 Å². The Bertz CT molecular complexity index is 970. The first-order valence-corrected chi connectivity index (χ1v) is 9.78. The predicted octanol–water partition coefficient (Wildman–Crippen LogP) is 6.43. The fourth-order valence-electron chi connectivity index (χ4n) is 3.70. The molecule has 1 heterocycles. The van der Waals surface area contributed by atoms with Crippen molar-refractivity contribution in [1.82, 2.24) is 0 Å². The molecule has 180 valence electrons. The maximum Gasteiger partial charge on any atom is 0.416 e. The highest BCUT2D eigenvalue weighted by atomic mass is 19.4. The minimum absolute atomic E-state index is 0.000153. The van der Waals surface area contributed by atoms with Gasteiger partial charge in [0.1, 0.15) is 6.29 Å². The second-order valence-electron chi connectivity index (χ2n) is 7.64. The van der Waals surface area contributed by atoms with Crippen LogP contribution in [0.25, 0.3) is 0 Å². The molecule has 2 aromatic carbocycles. The summed E-state index contributed by atoms with van der Waals surface area (Å²) in [5.74, 6) is -4.04. The molecule has 3 rings (SSSR count). The van der Waals surface area contributed by atoms with Gasteiger partial charge in [-0.05, 0) is 54.8 Å². The third kappa shape index (κ3) is 5.70. The Balaban J connectivity index is 1.96. The van der Waals surface area contributed by atoms with Gasteiger partial charge in [-0.2, -0.15) is 26.3 Å². The Hall–Kier alpha value is -2.53. The maximum absolute atomic E-state index is 13.8. The van der Waals surface area contributed by atoms with E-state index in [4.69, 9.17) is 9.47 Å². The van der Waals surface area contributed by atoms with Crippen molar-refractivity contribution in [1.29, 1.82) is 0 Å². The lowest BCUT2D eigenvalue weighted by molar-refractivity contribution is -0.207. The average Bonchev–Trinajstić information content (AvgIpc) is 2.74. The number of hydrogen-bond acceptors (Lipinski definition) is 3. The van der Waals surface area contributed by atoms with Gasteiger partial charge in [0, 0.05) is 11.8 Å². The number of ether oxygens (including phenoxy) is 2. The molecule has 3 nitrogen and oxygen atoms in total. The zero-order chi connectivity index (χ0) is 24.6. The normalized spacial score (nSPS) is 22.8. The summed E-state index contributed by atoms with van der Waals surface area (Å²) >= 11 is 0. The van der Waals surface area contributed by atoms with Crippen molar-refractivity contribution in [2.24, 2.45) is 5.92 Å². The summed E-state index contributed by atoms with van der Waals surface area (Å²) in [6, 6.07) is 3.96. The van der Waals surface area contributed by atoms with Crippen LogP contribution in [0.15, 0.2) is 36.4 Å². The topological polar surface area (TPSA) is 35.5 Å². The van der Waals surface area contributed by atoms with Gasteiger partial charge in [-0.1, -0.05) is 6.07 Å². The fourth-order valence-corrected chi connectivity index (χ4v) is 3.70. The van der Waals surface area contributed by atoms with Crippen LogP contribution < -0.4 is 0 Å². The van der Waals surface area contributed by atoms with Crippen LogP contribution in [0.4, 0.5) is 35.1 Å². The molecule has 11 heteroatoms. The number of carbonyl (C=O) groups is 1. The van der Waals surface area contributed by atoms with Gasteiger partial charge in [0.25, 0.3) is 0 Å². The number of aldehydes is 1. The maximum atomic E-state index is 13.8. The molecule has 0 N–H and O–H groups in total. The highest BCUT2D eigenvalue weighted by Crippen LogP contribution is 2.41. The standard InChI is InChI=1S/C22H18F8O3/c1-11(14-6-15(21(25,26)27)9-16(7-14)22(28,29)30)33-20-19(13(10-31)4-5-32-20)12-2-3-17(23)18(24)8-12/h2-3,6-11,13,19-20H,4-5H2,1H3/t11-,13+,19+,20-/m1/s1. The Morgan fingerprint density at radius 1 is 0.970 bits per heavy atom. The van der Waals surface area contributed by atoms with Crippen molar-refractivity contribution >= 4 is 6.29 Å². The summed E-state index contributed by atoms with van der Waals surface area (Å²) in [6.45, 7) is 1.24. The molecule has 0 spiro atoms. The largest absolute Gasteiger partial charge is 0.416 e. The lowest BCUT2D eigenvalue weighted by Gasteiger charge is -2.37. The number of hydrogen-bond donors (Lipinski definition) is 0. The van der Waals surface area contributed by atoms with Crippen LogP contribution in [-0.4, -0.2) is 19.2 Å². The number of rotatable bonds is 5. The smallest absolute Gasteiger partial charge is 0.352 e. The molecule has 0 unspecified atom stereocenters. The molecule has 0 aromatic heterocycles. The SMILES string of the molecule is C[C@@H](O[C@H]1OCC[C@@H](C=O)[C@@H]1c1ccc(F)c(F)c1)c1cc(C(F)(F)F)cc(C(F)(F)F)c1. The first-order chi connectivity index (χ1) is 15.3. The highest BCUT2D eigenvalue weighted by molar-refractivity contribution is 5.56. The molecule has 2 aromatic rings. The number of benzene rings is 2. The quantitative estimate of drug-likeness (QED) is 0.364. The monoisotopic (exact) mass is 482 g/mol. The summed E-state index contributed by atoms with van der Waals surface area (Å²) in [4.78, 5) is 11.6. The van der Waals surface area contributed by atoms with E-state index >= 15 is 0 Å². The molecule has 1 fully saturated rings. The molecule has 4 atom stereocenters. The van der Waals surface area contributed by atoms with Gasteiger partial charge in [-0.25, -0.2) is 8.78 Å². The minimum Gasteiger partial charge on any atom is -0.352 e. The van der Waals surface area contributed by atoms with Crippen molar-refractivity contribution in [3.63, 3.8) is 0 Å². The van der Waals surface area contributed by atoms with Crippen molar-refractivity contribution in [3.8, 4) is 0 Å². The van der Waals surface area contributed by atoms with Gasteiger partial charge in [-0.3, -0.25) is 0 Å². The zero-order valence-electron chi connectivity index (χ0n) is 17.0. The molecule has 1 saturated heterocycles. The summed E-state index contributed by atoms with van der Waals surface area (Å²) < 4.78 is 117. The third-order valence-electron chi connectivity index (χ3n) is 5.41. The van der Waals surface area contributed by atoms with Gasteiger partial charge in [0.2, 0.25) is 0 Å². The van der Waals surface area contributed by atoms with Gasteiger partial charge in [0.05, 0.1) is 23.8 Å². The van der Waals surface area contributed by atoms with Crippen molar-refractivity contribution in [2.45, 2.75) is 44.0 Å². The van der Waals surface area contributed by atoms with Gasteiger partial charge < -0.3 is 14.3 Å². The van der Waals surface area contributed by atoms with Crippen LogP contribution >= 0.6 is 0 Å². The van der Waals surface area contributed by atoms with E-state index in [-0.39, 0.29) is 24.7 Å². The molecule has 0 aliphatic carbocycles. The molecule has 1 aliphatic rings. The minimum atomic E-state index is -5.03. The van der Waals surface area contributed by atoms with Gasteiger partial charge in [-0.15, -0.1) is 0 Å². The molecular weight excluding hydrogens is 464 g/mol. The number of halogens is 8. The highest BCUT2D eigenvalue weighted by Gasteiger charge is 2.40. The number of carbonyl (C=O) groups excluding carboxylic acids is 1. The lowest BCUT2D eigenvalue weighted by Crippen LogP contribution is -2.38. The van der Waals surface area contributed by atoms with Gasteiger partial charge in [0.15, 0.2) is 17.9 Å². The first kappa shape index (κ1) is 25.1. The Kier molecular flexibility index (Phi) is 7.13. The van der Waals surface area contributed by atoms with E-state index in [2.05, 4.69) is 0 Å². The van der Waals surface area contributed by atoms with Crippen LogP contribution in [0.5, 0.6) is 0 Å². The molecular formula is C22H18F8O3. The average molecular weight is 482 g/mol. The molecule has 1 aliphatic heterocycles. The van der Waals surface area contributed by atoms with E-state index in [0.717, 1.165) is 12.1 Å². The van der Waals surface area contributed by atoms with Gasteiger partial charge >= 0.3 is 12.4 Å². The third-order valence-corrected chi connectivity index (χ3v) is 5.41. The van der Waals surface area contributed by atoms with Crippen LogP contribution in [0, 0.1) is 17.6 Å². The second kappa shape index (κ2) is 9.38. The van der Waals surface area contributed by atoms with E-state index in [1.165, 1.54) is 13.0 Å². The molecule has 0 radical (unpaired) electrons. The fraction of sp³-hybridized carbons (Fsp3) is 0.409. The van der Waals surface area contributed by atoms with Crippen molar-refractivity contribution in [3.05, 3.63) is 70.3 Å². The first-order valence-electron chi connectivity index (χ1n) is 9.78. The van der Waals surface area contributed by atoms with E-state index in [9.17, 15) is 39.9 Å². The summed E-state index contributed by atoms with van der Waals surface area (Å²) in [5, 5.41) is 0. The number of alkyl halides is 6. The van der Waals surface area contributed by atoms with E-state index in [0.29, 0.717) is 18.4 Å². The summed E-state index contributed by atoms with van der Waals surface area (Å²) in [7, 11) is 0. The lowest BCUT2D eigenvalue weighted by atomic mass is 9.82. The Labute approximate surface area is 183 Å². The van der Waals surface area contributed by atoms with Crippen molar-refractivity contribution < 1.29 is 49.4 Å². The van der Waals surface area contributed by atoms with Crippen LogP contribution in [0.1, 0.15) is 47.6 Å². The molecule has 0 saturated carbocycles. The second-order valence-corrected chi connectivity index (χ2v) is 7.64. The van der Waals surface area contributed by atoms with Crippen molar-refractivity contribution in [2.75, 3.05) is 6.61 Å². The summed E-state index contributed by atoms with van der Waals surface area (Å²) in [6.07, 6.45) is -11.9. The molecule has 0 amide bonds.